The molecule has 2 N–H and O–H groups in total. The molecule has 5 nitrogen and oxygen atoms in total. The number of nitrogens with zero attached hydrogens (tertiary/aromatic N) is 1. The molecule has 14 heavy (non-hydrogen) atoms. The van der Waals surface area contributed by atoms with Crippen molar-refractivity contribution in [3.8, 4) is 0 Å². The number of carboxylic acid groups (broad SMARTS) is 1. The lowest BCUT2D eigenvalue weighted by Crippen LogP contribution is -2.10. The van der Waals surface area contributed by atoms with Crippen molar-refractivity contribution >= 4 is 11.7 Å². The predicted molar refractivity (Wildman–Crippen MR) is 50.0 cm³/mol. The summed E-state index contributed by atoms with van der Waals surface area (Å²) in [6.45, 7) is 0. The highest BCUT2D eigenvalue weighted by atomic mass is 16.8. The van der Waals surface area contributed by atoms with Gasteiger partial charge in [0.1, 0.15) is 0 Å². The average Bonchev–Trinajstić information content (AvgIpc) is 2.15. The third-order valence-corrected chi connectivity index (χ3v) is 1.81. The number of para-hydroxylation sites is 1. The van der Waals surface area contributed by atoms with E-state index in [-0.39, 0.29) is 23.8 Å². The van der Waals surface area contributed by atoms with Crippen LogP contribution in [0.25, 0.3) is 0 Å². The maximum atomic E-state index is 10.6. The summed E-state index contributed by atoms with van der Waals surface area (Å²) in [5.41, 5.74) is 0.612. The van der Waals surface area contributed by atoms with E-state index >= 15 is 0 Å². The Bertz CT molecular complexity index is 324. The van der Waals surface area contributed by atoms with Crippen molar-refractivity contribution in [3.63, 3.8) is 0 Å². The molecule has 1 rings (SSSR count). The molecule has 0 spiro atoms. The van der Waals surface area contributed by atoms with Gasteiger partial charge in [-0.15, -0.1) is 0 Å². The zero-order valence-corrected chi connectivity index (χ0v) is 7.38. The van der Waals surface area contributed by atoms with E-state index in [1.807, 2.05) is 0 Å². The number of rotatable bonds is 4. The minimum atomic E-state index is -0.935. The molecule has 0 radical (unpaired) electrons. The molecule has 0 bridgehead atoms. The third kappa shape index (κ3) is 2.72. The summed E-state index contributed by atoms with van der Waals surface area (Å²) < 4.78 is 0. The van der Waals surface area contributed by atoms with Gasteiger partial charge in [0.05, 0.1) is 5.69 Å². The van der Waals surface area contributed by atoms with Gasteiger partial charge in [-0.3, -0.25) is 10.0 Å². The molecule has 0 aliphatic heterocycles. The van der Waals surface area contributed by atoms with Crippen LogP contribution in [-0.4, -0.2) is 16.3 Å². The number of hydrogen-bond donors (Lipinski definition) is 2. The van der Waals surface area contributed by atoms with Gasteiger partial charge in [0.15, 0.2) is 0 Å². The maximum Gasteiger partial charge on any atom is 0.303 e. The van der Waals surface area contributed by atoms with Gasteiger partial charge in [-0.2, -0.15) is 0 Å². The highest BCUT2D eigenvalue weighted by Crippen LogP contribution is 2.19. The predicted octanol–water partition coefficient (Wildman–Crippen LogP) is 1.40. The second kappa shape index (κ2) is 4.59. The number of anilines is 1. The topological polar surface area (TPSA) is 83.8 Å². The molecule has 0 saturated heterocycles. The fourth-order valence-electron chi connectivity index (χ4n) is 1.15. The summed E-state index contributed by atoms with van der Waals surface area (Å²) in [5, 5.41) is 27.5. The van der Waals surface area contributed by atoms with E-state index in [1.165, 1.54) is 6.07 Å². The van der Waals surface area contributed by atoms with E-state index in [9.17, 15) is 10.0 Å². The van der Waals surface area contributed by atoms with E-state index in [4.69, 9.17) is 10.3 Å². The van der Waals surface area contributed by atoms with E-state index in [2.05, 4.69) is 0 Å². The van der Waals surface area contributed by atoms with Gasteiger partial charge in [-0.05, 0) is 18.1 Å². The summed E-state index contributed by atoms with van der Waals surface area (Å²) >= 11 is 0. The van der Waals surface area contributed by atoms with Crippen LogP contribution in [0.2, 0.25) is 0 Å². The molecular weight excluding hydrogens is 186 g/mol. The van der Waals surface area contributed by atoms with Crippen molar-refractivity contribution in [1.82, 2.24) is 0 Å². The van der Waals surface area contributed by atoms with Crippen molar-refractivity contribution in [1.29, 1.82) is 0 Å². The lowest BCUT2D eigenvalue weighted by Gasteiger charge is -2.24. The Balaban J connectivity index is 2.79. The number of carboxylic acids is 1. The van der Waals surface area contributed by atoms with E-state index in [0.717, 1.165) is 0 Å². The first-order valence-electron chi connectivity index (χ1n) is 4.07. The zero-order chi connectivity index (χ0) is 10.6. The van der Waals surface area contributed by atoms with Gasteiger partial charge in [0.2, 0.25) is 0 Å². The number of benzene rings is 1. The summed E-state index contributed by atoms with van der Waals surface area (Å²) in [6, 6.07) is 6.33. The second-order valence-electron chi connectivity index (χ2n) is 2.80. The first-order valence-corrected chi connectivity index (χ1v) is 4.07. The third-order valence-electron chi connectivity index (χ3n) is 1.81. The van der Waals surface area contributed by atoms with Gasteiger partial charge >= 0.3 is 5.97 Å². The Hall–Kier alpha value is -1.59. The van der Waals surface area contributed by atoms with Crippen molar-refractivity contribution in [2.24, 2.45) is 0 Å². The summed E-state index contributed by atoms with van der Waals surface area (Å²) in [4.78, 5) is 10.3. The zero-order valence-electron chi connectivity index (χ0n) is 7.38. The Morgan fingerprint density at radius 3 is 2.64 bits per heavy atom. The molecule has 0 amide bonds. The van der Waals surface area contributed by atoms with Gasteiger partial charge in [0.25, 0.3) is 0 Å². The molecule has 1 aromatic rings. The summed E-state index contributed by atoms with van der Waals surface area (Å²) in [5.74, 6) is -0.935. The maximum absolute atomic E-state index is 10.6. The number of hydrogen-bond acceptors (Lipinski definition) is 4. The Kier molecular flexibility index (Phi) is 3.44. The largest absolute Gasteiger partial charge is 0.733 e. The average molecular weight is 196 g/mol. The number of aryl methyl sites for hydroxylation is 1. The highest BCUT2D eigenvalue weighted by Gasteiger charge is 2.04. The smallest absolute Gasteiger partial charge is 0.303 e. The van der Waals surface area contributed by atoms with Crippen molar-refractivity contribution in [2.75, 3.05) is 5.23 Å². The van der Waals surface area contributed by atoms with Crippen molar-refractivity contribution < 1.29 is 15.1 Å². The molecule has 0 saturated carbocycles. The monoisotopic (exact) mass is 196 g/mol. The fourth-order valence-corrected chi connectivity index (χ4v) is 1.15. The van der Waals surface area contributed by atoms with Crippen LogP contribution in [0.1, 0.15) is 12.0 Å². The van der Waals surface area contributed by atoms with Crippen molar-refractivity contribution in [2.45, 2.75) is 12.8 Å². The Morgan fingerprint density at radius 1 is 1.43 bits per heavy atom. The molecule has 0 aromatic heterocycles. The molecule has 76 valence electrons. The molecule has 0 aliphatic rings. The standard InChI is InChI=1S/C9H10NO4/c11-9(12)6-5-7-3-1-2-4-8(7)10(13)14/h1-4,13H,5-6H2,(H,11,12)/q-1. The first kappa shape index (κ1) is 10.5. The van der Waals surface area contributed by atoms with Crippen LogP contribution in [0, 0.1) is 5.21 Å². The minimum Gasteiger partial charge on any atom is -0.733 e. The van der Waals surface area contributed by atoms with Gasteiger partial charge in [-0.25, -0.2) is 0 Å². The lowest BCUT2D eigenvalue weighted by atomic mass is 10.1. The van der Waals surface area contributed by atoms with Crippen LogP contribution in [0.15, 0.2) is 24.3 Å². The Morgan fingerprint density at radius 2 is 2.07 bits per heavy atom. The van der Waals surface area contributed by atoms with Crippen molar-refractivity contribution in [3.05, 3.63) is 35.0 Å². The summed E-state index contributed by atoms with van der Waals surface area (Å²) in [7, 11) is 0. The van der Waals surface area contributed by atoms with Gasteiger partial charge in [-0.1, -0.05) is 18.2 Å². The van der Waals surface area contributed by atoms with Crippen LogP contribution in [0.3, 0.4) is 0 Å². The van der Waals surface area contributed by atoms with Crippen LogP contribution in [0.4, 0.5) is 5.69 Å². The molecule has 0 aliphatic carbocycles. The van der Waals surface area contributed by atoms with Gasteiger partial charge in [0, 0.05) is 6.42 Å². The van der Waals surface area contributed by atoms with Crippen LogP contribution < -0.4 is 5.23 Å². The number of aliphatic carboxylic acids is 1. The number of carbonyl (C=O) groups is 1. The second-order valence-corrected chi connectivity index (χ2v) is 2.80. The minimum absolute atomic E-state index is 0.0646. The first-order chi connectivity index (χ1) is 6.61. The normalized spacial score (nSPS) is 9.86. The molecule has 5 heteroatoms. The molecule has 0 fully saturated rings. The van der Waals surface area contributed by atoms with E-state index in [0.29, 0.717) is 5.56 Å². The fraction of sp³-hybridized carbons (Fsp3) is 0.222. The molecular formula is C9H10NO4-. The quantitative estimate of drug-likeness (QED) is 0.711. The Labute approximate surface area is 80.7 Å². The summed E-state index contributed by atoms with van der Waals surface area (Å²) in [6.07, 6.45) is 0.162. The molecule has 1 aromatic carbocycles. The van der Waals surface area contributed by atoms with Crippen LogP contribution in [-0.2, 0) is 11.2 Å². The van der Waals surface area contributed by atoms with Crippen LogP contribution >= 0.6 is 0 Å². The van der Waals surface area contributed by atoms with E-state index < -0.39 is 5.97 Å². The molecule has 0 unspecified atom stereocenters. The van der Waals surface area contributed by atoms with E-state index in [1.54, 1.807) is 18.2 Å². The van der Waals surface area contributed by atoms with Crippen LogP contribution in [0.5, 0.6) is 0 Å². The molecule has 0 atom stereocenters. The molecule has 0 heterocycles. The van der Waals surface area contributed by atoms with Gasteiger partial charge < -0.3 is 15.5 Å². The SMILES string of the molecule is O=C(O)CCc1ccccc1N([O-])O. The highest BCUT2D eigenvalue weighted by molar-refractivity contribution is 5.67. The lowest BCUT2D eigenvalue weighted by molar-refractivity contribution is -0.136.